The average molecular weight is 458 g/mol. The van der Waals surface area contributed by atoms with Gasteiger partial charge in [0.15, 0.2) is 0 Å². The number of carbonyl (C=O) groups excluding carboxylic acids is 2. The molecule has 176 valence electrons. The molecule has 0 fully saturated rings. The molecule has 2 amide bonds. The number of ether oxygens (including phenoxy) is 1. The standard InChI is InChI=1S/C28H31N3O3/c1-4-5-16-29-28(33)27-23-9-6-7-10-25(23)30-17-8-11-24(30)20(2)18-26(32)31(27)19-21-12-14-22(34-3)15-13-21/h6-15,17-18,27H,4-5,16,19H2,1-3H3,(H,29,33)/b20-18-. The number of fused-ring (bicyclic) bond motifs is 3. The van der Waals surface area contributed by atoms with Crippen molar-refractivity contribution in [3.05, 3.63) is 89.8 Å². The van der Waals surface area contributed by atoms with Gasteiger partial charge >= 0.3 is 0 Å². The van der Waals surface area contributed by atoms with Gasteiger partial charge in [0.05, 0.1) is 12.8 Å². The summed E-state index contributed by atoms with van der Waals surface area (Å²) in [5, 5.41) is 3.06. The van der Waals surface area contributed by atoms with E-state index in [1.807, 2.05) is 73.8 Å². The molecular weight excluding hydrogens is 426 g/mol. The summed E-state index contributed by atoms with van der Waals surface area (Å²) in [5.41, 5.74) is 4.37. The van der Waals surface area contributed by atoms with Crippen molar-refractivity contribution < 1.29 is 14.3 Å². The quantitative estimate of drug-likeness (QED) is 0.514. The number of methoxy groups -OCH3 is 1. The van der Waals surface area contributed by atoms with Crippen LogP contribution >= 0.6 is 0 Å². The third-order valence-electron chi connectivity index (χ3n) is 6.17. The van der Waals surface area contributed by atoms with E-state index in [1.165, 1.54) is 0 Å². The van der Waals surface area contributed by atoms with Crippen molar-refractivity contribution in [2.75, 3.05) is 13.7 Å². The van der Waals surface area contributed by atoms with Gasteiger partial charge in [-0.2, -0.15) is 0 Å². The minimum atomic E-state index is -0.778. The molecule has 4 rings (SSSR count). The van der Waals surface area contributed by atoms with Gasteiger partial charge in [0.2, 0.25) is 11.8 Å². The SMILES string of the molecule is CCCCNC(=O)C1c2ccccc2-n2cccc2/C(C)=C\C(=O)N1Cc1ccc(OC)cc1. The van der Waals surface area contributed by atoms with Gasteiger partial charge < -0.3 is 19.5 Å². The summed E-state index contributed by atoms with van der Waals surface area (Å²) >= 11 is 0. The normalized spacial score (nSPS) is 16.9. The zero-order chi connectivity index (χ0) is 24.1. The molecule has 1 unspecified atom stereocenters. The van der Waals surface area contributed by atoms with Gasteiger partial charge in [-0.25, -0.2) is 0 Å². The van der Waals surface area contributed by atoms with Crippen LogP contribution in [0.5, 0.6) is 5.75 Å². The van der Waals surface area contributed by atoms with Crippen LogP contribution in [0.25, 0.3) is 11.3 Å². The first-order valence-electron chi connectivity index (χ1n) is 11.7. The summed E-state index contributed by atoms with van der Waals surface area (Å²) in [6, 6.07) is 18.6. The molecule has 34 heavy (non-hydrogen) atoms. The van der Waals surface area contributed by atoms with Gasteiger partial charge in [-0.3, -0.25) is 9.59 Å². The summed E-state index contributed by atoms with van der Waals surface area (Å²) in [5.74, 6) is 0.367. The molecule has 0 aliphatic carbocycles. The van der Waals surface area contributed by atoms with E-state index < -0.39 is 6.04 Å². The molecule has 0 spiro atoms. The number of aromatic nitrogens is 1. The molecule has 0 bridgehead atoms. The second-order valence-electron chi connectivity index (χ2n) is 8.51. The predicted octanol–water partition coefficient (Wildman–Crippen LogP) is 4.89. The van der Waals surface area contributed by atoms with Gasteiger partial charge in [0.1, 0.15) is 11.8 Å². The summed E-state index contributed by atoms with van der Waals surface area (Å²) in [6.45, 7) is 4.88. The summed E-state index contributed by atoms with van der Waals surface area (Å²) in [6.07, 6.45) is 5.46. The molecule has 6 heteroatoms. The highest BCUT2D eigenvalue weighted by molar-refractivity contribution is 5.98. The second-order valence-corrected chi connectivity index (χ2v) is 8.51. The van der Waals surface area contributed by atoms with E-state index in [2.05, 4.69) is 16.8 Å². The zero-order valence-electron chi connectivity index (χ0n) is 20.0. The Labute approximate surface area is 200 Å². The van der Waals surface area contributed by atoms with E-state index in [1.54, 1.807) is 18.1 Å². The van der Waals surface area contributed by atoms with Crippen molar-refractivity contribution in [1.82, 2.24) is 14.8 Å². The van der Waals surface area contributed by atoms with Crippen LogP contribution in [0.2, 0.25) is 0 Å². The molecule has 1 atom stereocenters. The smallest absolute Gasteiger partial charge is 0.248 e. The first-order chi connectivity index (χ1) is 16.5. The number of nitrogens with one attached hydrogen (secondary N) is 1. The predicted molar refractivity (Wildman–Crippen MR) is 134 cm³/mol. The Morgan fingerprint density at radius 1 is 1.06 bits per heavy atom. The number of hydrogen-bond donors (Lipinski definition) is 1. The Hall–Kier alpha value is -3.80. The maximum atomic E-state index is 13.7. The fraction of sp³-hybridized carbons (Fsp3) is 0.286. The molecule has 2 aromatic carbocycles. The van der Waals surface area contributed by atoms with Crippen LogP contribution in [0.3, 0.4) is 0 Å². The number of allylic oxidation sites excluding steroid dienone is 1. The maximum absolute atomic E-state index is 13.7. The van der Waals surface area contributed by atoms with E-state index in [0.29, 0.717) is 13.1 Å². The van der Waals surface area contributed by atoms with Crippen molar-refractivity contribution in [2.24, 2.45) is 0 Å². The number of nitrogens with zero attached hydrogens (tertiary/aromatic N) is 2. The molecule has 2 heterocycles. The Morgan fingerprint density at radius 3 is 2.56 bits per heavy atom. The highest BCUT2D eigenvalue weighted by Gasteiger charge is 2.34. The monoisotopic (exact) mass is 457 g/mol. The molecule has 1 aliphatic rings. The number of amides is 2. The first kappa shape index (κ1) is 23.4. The number of benzene rings is 2. The third kappa shape index (κ3) is 4.76. The van der Waals surface area contributed by atoms with Gasteiger partial charge in [0, 0.05) is 36.6 Å². The van der Waals surface area contributed by atoms with E-state index >= 15 is 0 Å². The number of rotatable bonds is 7. The highest BCUT2D eigenvalue weighted by Crippen LogP contribution is 2.33. The van der Waals surface area contributed by atoms with Crippen molar-refractivity contribution >= 4 is 17.4 Å². The van der Waals surface area contributed by atoms with Gasteiger partial charge in [0.25, 0.3) is 0 Å². The molecule has 0 saturated heterocycles. The summed E-state index contributed by atoms with van der Waals surface area (Å²) in [4.78, 5) is 29.0. The average Bonchev–Trinajstić information content (AvgIpc) is 3.34. The van der Waals surface area contributed by atoms with Gasteiger partial charge in [-0.05, 0) is 54.8 Å². The number of hydrogen-bond acceptors (Lipinski definition) is 3. The van der Waals surface area contributed by atoms with Crippen LogP contribution < -0.4 is 10.1 Å². The largest absolute Gasteiger partial charge is 0.497 e. The van der Waals surface area contributed by atoms with Crippen molar-refractivity contribution in [3.63, 3.8) is 0 Å². The van der Waals surface area contributed by atoms with Crippen molar-refractivity contribution in [3.8, 4) is 11.4 Å². The van der Waals surface area contributed by atoms with Crippen LogP contribution in [-0.4, -0.2) is 34.9 Å². The van der Waals surface area contributed by atoms with E-state index in [4.69, 9.17) is 4.74 Å². The van der Waals surface area contributed by atoms with E-state index in [-0.39, 0.29) is 11.8 Å². The maximum Gasteiger partial charge on any atom is 0.248 e. The lowest BCUT2D eigenvalue weighted by atomic mass is 10.0. The molecule has 1 N–H and O–H groups in total. The van der Waals surface area contributed by atoms with Crippen LogP contribution in [0.4, 0.5) is 0 Å². The minimum Gasteiger partial charge on any atom is -0.497 e. The van der Waals surface area contributed by atoms with Crippen LogP contribution in [-0.2, 0) is 16.1 Å². The van der Waals surface area contributed by atoms with Gasteiger partial charge in [-0.1, -0.05) is 43.7 Å². The first-order valence-corrected chi connectivity index (χ1v) is 11.7. The van der Waals surface area contributed by atoms with Crippen LogP contribution in [0.1, 0.15) is 49.6 Å². The zero-order valence-corrected chi connectivity index (χ0v) is 20.0. The van der Waals surface area contributed by atoms with Crippen LogP contribution in [0.15, 0.2) is 72.9 Å². The van der Waals surface area contributed by atoms with E-state index in [0.717, 1.165) is 46.7 Å². The molecule has 6 nitrogen and oxygen atoms in total. The topological polar surface area (TPSA) is 63.6 Å². The fourth-order valence-electron chi connectivity index (χ4n) is 4.35. The Kier molecular flexibility index (Phi) is 7.16. The lowest BCUT2D eigenvalue weighted by molar-refractivity contribution is -0.138. The van der Waals surface area contributed by atoms with Crippen LogP contribution in [0, 0.1) is 0 Å². The molecule has 1 aromatic heterocycles. The number of carbonyl (C=O) groups is 2. The molecule has 0 radical (unpaired) electrons. The lowest BCUT2D eigenvalue weighted by Crippen LogP contribution is -2.43. The number of para-hydroxylation sites is 1. The van der Waals surface area contributed by atoms with Gasteiger partial charge in [-0.15, -0.1) is 0 Å². The molecular formula is C28H31N3O3. The third-order valence-corrected chi connectivity index (χ3v) is 6.17. The summed E-state index contributed by atoms with van der Waals surface area (Å²) in [7, 11) is 1.62. The molecule has 0 saturated carbocycles. The lowest BCUT2D eigenvalue weighted by Gasteiger charge is -2.31. The second kappa shape index (κ2) is 10.4. The summed E-state index contributed by atoms with van der Waals surface area (Å²) < 4.78 is 7.33. The van der Waals surface area contributed by atoms with Crippen molar-refractivity contribution in [2.45, 2.75) is 39.3 Å². The highest BCUT2D eigenvalue weighted by atomic mass is 16.5. The Balaban J connectivity index is 1.85. The fourth-order valence-corrected chi connectivity index (χ4v) is 4.35. The number of unbranched alkanes of at least 4 members (excludes halogenated alkanes) is 1. The minimum absolute atomic E-state index is 0.176. The van der Waals surface area contributed by atoms with Crippen molar-refractivity contribution in [1.29, 1.82) is 0 Å². The Morgan fingerprint density at radius 2 is 1.82 bits per heavy atom. The molecule has 1 aliphatic heterocycles. The Bertz CT molecular complexity index is 1190. The van der Waals surface area contributed by atoms with E-state index in [9.17, 15) is 9.59 Å². The molecule has 3 aromatic rings.